The molecule has 1 amide bonds. The van der Waals surface area contributed by atoms with Crippen LogP contribution in [0, 0.1) is 6.92 Å². The maximum Gasteiger partial charge on any atom is 0.233 e. The Morgan fingerprint density at radius 3 is 2.67 bits per heavy atom. The van der Waals surface area contributed by atoms with Crippen LogP contribution >= 0.6 is 23.5 Å². The Hall–Kier alpha value is -1.77. The highest BCUT2D eigenvalue weighted by molar-refractivity contribution is 7.99. The number of aryl methyl sites for hydroxylation is 1. The Labute approximate surface area is 168 Å². The summed E-state index contributed by atoms with van der Waals surface area (Å²) in [6.07, 6.45) is 1.83. The lowest BCUT2D eigenvalue weighted by Gasteiger charge is -2.26. The van der Waals surface area contributed by atoms with E-state index in [0.717, 1.165) is 16.7 Å². The van der Waals surface area contributed by atoms with Gasteiger partial charge in [0.05, 0.1) is 24.7 Å². The minimum Gasteiger partial charge on any atom is -0.378 e. The normalized spacial score (nSPS) is 14.3. The fourth-order valence-corrected chi connectivity index (χ4v) is 4.37. The second-order valence-electron chi connectivity index (χ2n) is 6.18. The minimum absolute atomic E-state index is 0.118. The van der Waals surface area contributed by atoms with E-state index < -0.39 is 0 Å². The zero-order valence-corrected chi connectivity index (χ0v) is 17.1. The molecule has 0 bridgehead atoms. The summed E-state index contributed by atoms with van der Waals surface area (Å²) in [7, 11) is 0. The van der Waals surface area contributed by atoms with E-state index in [0.29, 0.717) is 38.6 Å². The Bertz CT molecular complexity index is 771. The molecule has 6 nitrogen and oxygen atoms in total. The molecule has 3 rings (SSSR count). The Morgan fingerprint density at radius 1 is 1.22 bits per heavy atom. The Balaban J connectivity index is 1.60. The van der Waals surface area contributed by atoms with Crippen molar-refractivity contribution >= 4 is 29.4 Å². The van der Waals surface area contributed by atoms with E-state index in [9.17, 15) is 4.79 Å². The van der Waals surface area contributed by atoms with Gasteiger partial charge in [0.15, 0.2) is 5.16 Å². The fourth-order valence-electron chi connectivity index (χ4n) is 2.66. The second kappa shape index (κ2) is 9.96. The fraction of sp³-hybridized carbons (Fsp3) is 0.421. The van der Waals surface area contributed by atoms with Gasteiger partial charge in [0.1, 0.15) is 5.82 Å². The van der Waals surface area contributed by atoms with E-state index >= 15 is 0 Å². The number of carbonyl (C=O) groups is 1. The van der Waals surface area contributed by atoms with E-state index in [1.54, 1.807) is 11.8 Å². The number of allylic oxidation sites excluding steroid dienone is 1. The maximum atomic E-state index is 12.4. The van der Waals surface area contributed by atoms with Crippen LogP contribution in [0.3, 0.4) is 0 Å². The summed E-state index contributed by atoms with van der Waals surface area (Å²) in [5.74, 6) is 2.09. The van der Waals surface area contributed by atoms with Gasteiger partial charge < -0.3 is 14.2 Å². The largest absolute Gasteiger partial charge is 0.378 e. The number of hydrogen-bond donors (Lipinski definition) is 0. The molecule has 0 spiro atoms. The SMILES string of the molecule is C=CCn1c(CSc2ccc(C)cc2)nnc1SCC(=O)N1CCOCC1. The highest BCUT2D eigenvalue weighted by Gasteiger charge is 2.19. The van der Waals surface area contributed by atoms with Crippen LogP contribution in [0.15, 0.2) is 47.0 Å². The van der Waals surface area contributed by atoms with E-state index in [1.165, 1.54) is 22.2 Å². The van der Waals surface area contributed by atoms with Gasteiger partial charge in [-0.15, -0.1) is 28.5 Å². The van der Waals surface area contributed by atoms with Crippen LogP contribution in [0.2, 0.25) is 0 Å². The summed E-state index contributed by atoms with van der Waals surface area (Å²) in [5, 5.41) is 9.39. The summed E-state index contributed by atoms with van der Waals surface area (Å²) in [6, 6.07) is 8.44. The predicted octanol–water partition coefficient (Wildman–Crippen LogP) is 3.02. The molecule has 2 heterocycles. The highest BCUT2D eigenvalue weighted by atomic mass is 32.2. The first-order chi connectivity index (χ1) is 13.2. The van der Waals surface area contributed by atoms with Gasteiger partial charge in [-0.2, -0.15) is 0 Å². The molecule has 27 heavy (non-hydrogen) atoms. The number of amides is 1. The molecule has 8 heteroatoms. The van der Waals surface area contributed by atoms with Crippen LogP contribution in [0.4, 0.5) is 0 Å². The van der Waals surface area contributed by atoms with Gasteiger partial charge >= 0.3 is 0 Å². The number of morpholine rings is 1. The Kier molecular flexibility index (Phi) is 7.37. The molecule has 0 atom stereocenters. The highest BCUT2D eigenvalue weighted by Crippen LogP contribution is 2.25. The number of hydrogen-bond acceptors (Lipinski definition) is 6. The molecular formula is C19H24N4O2S2. The zero-order valence-electron chi connectivity index (χ0n) is 15.5. The van der Waals surface area contributed by atoms with E-state index in [1.807, 2.05) is 15.5 Å². The van der Waals surface area contributed by atoms with E-state index in [-0.39, 0.29) is 5.91 Å². The van der Waals surface area contributed by atoms with Gasteiger partial charge in [-0.25, -0.2) is 0 Å². The van der Waals surface area contributed by atoms with Crippen LogP contribution in [-0.2, 0) is 21.8 Å². The first-order valence-corrected chi connectivity index (χ1v) is 10.8. The quantitative estimate of drug-likeness (QED) is 0.498. The van der Waals surface area contributed by atoms with Gasteiger partial charge in [0, 0.05) is 24.5 Å². The van der Waals surface area contributed by atoms with Crippen LogP contribution in [0.5, 0.6) is 0 Å². The van der Waals surface area contributed by atoms with Crippen molar-refractivity contribution in [2.75, 3.05) is 32.1 Å². The molecule has 0 N–H and O–H groups in total. The predicted molar refractivity (Wildman–Crippen MR) is 109 cm³/mol. The first kappa shape index (κ1) is 20.0. The molecule has 1 fully saturated rings. The van der Waals surface area contributed by atoms with Crippen molar-refractivity contribution in [2.45, 2.75) is 29.3 Å². The van der Waals surface area contributed by atoms with Crippen LogP contribution in [-0.4, -0.2) is 57.6 Å². The van der Waals surface area contributed by atoms with Crippen molar-refractivity contribution in [2.24, 2.45) is 0 Å². The summed E-state index contributed by atoms with van der Waals surface area (Å²) in [5.41, 5.74) is 1.25. The van der Waals surface area contributed by atoms with E-state index in [2.05, 4.69) is 48.0 Å². The molecule has 0 saturated carbocycles. The third-order valence-electron chi connectivity index (χ3n) is 4.18. The second-order valence-corrected chi connectivity index (χ2v) is 8.17. The number of carbonyl (C=O) groups excluding carboxylic acids is 1. The molecule has 0 unspecified atom stereocenters. The Morgan fingerprint density at radius 2 is 1.96 bits per heavy atom. The summed E-state index contributed by atoms with van der Waals surface area (Å²) >= 11 is 3.16. The maximum absolute atomic E-state index is 12.4. The summed E-state index contributed by atoms with van der Waals surface area (Å²) < 4.78 is 7.33. The van der Waals surface area contributed by atoms with Crippen LogP contribution in [0.1, 0.15) is 11.4 Å². The average Bonchev–Trinajstić information content (AvgIpc) is 3.08. The third kappa shape index (κ3) is 5.60. The smallest absolute Gasteiger partial charge is 0.233 e. The van der Waals surface area contributed by atoms with Crippen LogP contribution in [0.25, 0.3) is 0 Å². The molecule has 1 saturated heterocycles. The van der Waals surface area contributed by atoms with Gasteiger partial charge in [-0.3, -0.25) is 4.79 Å². The minimum atomic E-state index is 0.118. The van der Waals surface area contributed by atoms with Crippen LogP contribution < -0.4 is 0 Å². The number of ether oxygens (including phenoxy) is 1. The number of rotatable bonds is 8. The monoisotopic (exact) mass is 404 g/mol. The van der Waals surface area contributed by atoms with Crippen molar-refractivity contribution < 1.29 is 9.53 Å². The van der Waals surface area contributed by atoms with Crippen molar-refractivity contribution in [3.8, 4) is 0 Å². The van der Waals surface area contributed by atoms with Gasteiger partial charge in [0.25, 0.3) is 0 Å². The number of benzene rings is 1. The molecule has 2 aromatic rings. The van der Waals surface area contributed by atoms with E-state index in [4.69, 9.17) is 4.74 Å². The lowest BCUT2D eigenvalue weighted by Crippen LogP contribution is -2.41. The summed E-state index contributed by atoms with van der Waals surface area (Å²) in [6.45, 7) is 9.10. The van der Waals surface area contributed by atoms with Gasteiger partial charge in [-0.1, -0.05) is 35.5 Å². The topological polar surface area (TPSA) is 60.2 Å². The number of nitrogens with zero attached hydrogens (tertiary/aromatic N) is 4. The summed E-state index contributed by atoms with van der Waals surface area (Å²) in [4.78, 5) is 15.4. The van der Waals surface area contributed by atoms with Gasteiger partial charge in [-0.05, 0) is 19.1 Å². The number of thioether (sulfide) groups is 2. The standard InChI is InChI=1S/C19H24N4O2S2/c1-3-8-23-17(13-26-16-6-4-15(2)5-7-16)20-21-19(23)27-14-18(24)22-9-11-25-12-10-22/h3-7H,1,8-14H2,2H3. The van der Waals surface area contributed by atoms with Crippen molar-refractivity contribution in [1.82, 2.24) is 19.7 Å². The molecular weight excluding hydrogens is 380 g/mol. The number of aromatic nitrogens is 3. The first-order valence-electron chi connectivity index (χ1n) is 8.88. The molecule has 0 aliphatic carbocycles. The van der Waals surface area contributed by atoms with Gasteiger partial charge in [0.2, 0.25) is 5.91 Å². The molecule has 1 aliphatic heterocycles. The molecule has 1 aromatic heterocycles. The molecule has 1 aliphatic rings. The average molecular weight is 405 g/mol. The molecule has 0 radical (unpaired) electrons. The molecule has 144 valence electrons. The van der Waals surface area contributed by atoms with Crippen molar-refractivity contribution in [3.05, 3.63) is 48.3 Å². The van der Waals surface area contributed by atoms with Crippen molar-refractivity contribution in [3.63, 3.8) is 0 Å². The lowest BCUT2D eigenvalue weighted by atomic mass is 10.2. The zero-order chi connectivity index (χ0) is 19.1. The van der Waals surface area contributed by atoms with Crippen molar-refractivity contribution in [1.29, 1.82) is 0 Å². The third-order valence-corrected chi connectivity index (χ3v) is 6.14. The lowest BCUT2D eigenvalue weighted by molar-refractivity contribution is -0.132. The molecule has 1 aromatic carbocycles.